The summed E-state index contributed by atoms with van der Waals surface area (Å²) in [4.78, 5) is 8.53. The zero-order valence-electron chi connectivity index (χ0n) is 18.0. The number of aromatic nitrogens is 3. The monoisotopic (exact) mass is 508 g/mol. The lowest BCUT2D eigenvalue weighted by Gasteiger charge is -2.38. The molecule has 35 heavy (non-hydrogen) atoms. The molecule has 1 saturated heterocycles. The maximum atomic E-state index is 13.7. The van der Waals surface area contributed by atoms with E-state index in [-0.39, 0.29) is 23.5 Å². The summed E-state index contributed by atoms with van der Waals surface area (Å²) in [5, 5.41) is 28.9. The van der Waals surface area contributed by atoms with Gasteiger partial charge in [0.15, 0.2) is 23.3 Å². The number of halogens is 4. The summed E-state index contributed by atoms with van der Waals surface area (Å²) in [5.41, 5.74) is 6.02. The van der Waals surface area contributed by atoms with E-state index in [1.165, 1.54) is 10.9 Å². The van der Waals surface area contributed by atoms with Gasteiger partial charge < -0.3 is 20.7 Å². The molecule has 4 atom stereocenters. The van der Waals surface area contributed by atoms with Gasteiger partial charge in [0, 0.05) is 17.0 Å². The van der Waals surface area contributed by atoms with E-state index in [4.69, 9.17) is 22.1 Å². The molecule has 2 heterocycles. The first-order valence-corrected chi connectivity index (χ1v) is 10.8. The van der Waals surface area contributed by atoms with Gasteiger partial charge in [-0.2, -0.15) is 0 Å². The van der Waals surface area contributed by atoms with Gasteiger partial charge in [-0.1, -0.05) is 16.8 Å². The molecule has 1 aromatic heterocycles. The minimum atomic E-state index is -1.59. The lowest BCUT2D eigenvalue weighted by molar-refractivity contribution is -0.137. The predicted octanol–water partition coefficient (Wildman–Crippen LogP) is 2.78. The molecule has 4 N–H and O–H groups in total. The second-order valence-electron chi connectivity index (χ2n) is 7.70. The molecule has 0 spiro atoms. The summed E-state index contributed by atoms with van der Waals surface area (Å²) < 4.78 is 47.7. The normalized spacial score (nSPS) is 23.2. The van der Waals surface area contributed by atoms with Crippen molar-refractivity contribution >= 4 is 29.5 Å². The summed E-state index contributed by atoms with van der Waals surface area (Å²) >= 11 is 5.92. The number of benzene rings is 2. The average molecular weight is 509 g/mol. The van der Waals surface area contributed by atoms with E-state index in [0.717, 1.165) is 18.5 Å². The topological polar surface area (TPSA) is 131 Å². The van der Waals surface area contributed by atoms with Crippen LogP contribution < -0.4 is 5.73 Å². The van der Waals surface area contributed by atoms with Crippen LogP contribution in [-0.2, 0) is 4.74 Å². The van der Waals surface area contributed by atoms with Gasteiger partial charge in [-0.25, -0.2) is 27.8 Å². The zero-order chi connectivity index (χ0) is 25.1. The Hall–Kier alpha value is -3.32. The van der Waals surface area contributed by atoms with Crippen LogP contribution in [-0.4, -0.2) is 62.3 Å². The Labute approximate surface area is 202 Å². The van der Waals surface area contributed by atoms with Crippen molar-refractivity contribution in [2.24, 2.45) is 15.7 Å². The third-order valence-corrected chi connectivity index (χ3v) is 5.70. The zero-order valence-corrected chi connectivity index (χ0v) is 18.7. The first-order valence-electron chi connectivity index (χ1n) is 10.4. The number of ether oxygens (including phenoxy) is 1. The first-order chi connectivity index (χ1) is 16.8. The second kappa shape index (κ2) is 10.5. The van der Waals surface area contributed by atoms with Gasteiger partial charge in [0.1, 0.15) is 24.0 Å². The van der Waals surface area contributed by atoms with Crippen molar-refractivity contribution < 1.29 is 28.1 Å². The highest BCUT2D eigenvalue weighted by Gasteiger charge is 2.41. The van der Waals surface area contributed by atoms with Crippen LogP contribution in [0.2, 0.25) is 5.02 Å². The number of nitrogens with zero attached hydrogens (tertiary/aromatic N) is 5. The van der Waals surface area contributed by atoms with Gasteiger partial charge in [0.2, 0.25) is 0 Å². The van der Waals surface area contributed by atoms with Gasteiger partial charge in [-0.3, -0.25) is 0 Å². The molecule has 1 aliphatic heterocycles. The predicted molar refractivity (Wildman–Crippen MR) is 122 cm³/mol. The van der Waals surface area contributed by atoms with E-state index in [1.807, 2.05) is 0 Å². The van der Waals surface area contributed by atoms with Crippen LogP contribution in [0.1, 0.15) is 12.5 Å². The molecule has 2 aromatic carbocycles. The highest BCUT2D eigenvalue weighted by Crippen LogP contribution is 2.32. The number of aliphatic hydroxyl groups is 2. The third-order valence-electron chi connectivity index (χ3n) is 5.44. The average Bonchev–Trinajstić information content (AvgIpc) is 3.33. The molecular formula is C22H20ClF3N6O3. The molecule has 13 heteroatoms. The Morgan fingerprint density at radius 3 is 2.54 bits per heavy atom. The van der Waals surface area contributed by atoms with Crippen LogP contribution >= 0.6 is 11.6 Å². The van der Waals surface area contributed by atoms with Crippen molar-refractivity contribution in [2.45, 2.75) is 30.8 Å². The molecule has 0 saturated carbocycles. The highest BCUT2D eigenvalue weighted by molar-refractivity contribution is 6.30. The molecule has 4 rings (SSSR count). The Morgan fingerprint density at radius 2 is 1.91 bits per heavy atom. The lowest BCUT2D eigenvalue weighted by atomic mass is 9.95. The third kappa shape index (κ3) is 5.35. The molecule has 0 bridgehead atoms. The summed E-state index contributed by atoms with van der Waals surface area (Å²) in [6.45, 7) is -0.523. The molecule has 1 fully saturated rings. The number of amidine groups is 1. The van der Waals surface area contributed by atoms with Crippen LogP contribution in [0.15, 0.2) is 52.6 Å². The van der Waals surface area contributed by atoms with Crippen molar-refractivity contribution in [1.82, 2.24) is 15.0 Å². The lowest BCUT2D eigenvalue weighted by Crippen LogP contribution is -2.49. The molecule has 0 aliphatic carbocycles. The largest absolute Gasteiger partial charge is 0.394 e. The SMILES string of the molecule is NC=NC(=Nc1ccc(Cl)cc1)C1CC(n2cc(-c3cc(F)c(F)c(F)c3)nn2)C(O)C(CO)O1. The quantitative estimate of drug-likeness (QED) is 0.276. The van der Waals surface area contributed by atoms with Crippen LogP contribution in [0.25, 0.3) is 11.3 Å². The fourth-order valence-corrected chi connectivity index (χ4v) is 3.84. The van der Waals surface area contributed by atoms with Crippen LogP contribution in [0.3, 0.4) is 0 Å². The standard InChI is InChI=1S/C22H20ClF3N6O3/c23-12-1-3-13(4-2-12)29-22(28-10-27)18-7-17(21(34)19(9-33)35-18)32-8-16(30-31-32)11-5-14(24)20(26)15(25)6-11/h1-6,8,10,17-19,21,33-34H,7,9H2,(H2,27,28,29). The first kappa shape index (κ1) is 24.8. The minimum Gasteiger partial charge on any atom is -0.394 e. The van der Waals surface area contributed by atoms with Crippen molar-refractivity contribution in [3.8, 4) is 11.3 Å². The van der Waals surface area contributed by atoms with Gasteiger partial charge >= 0.3 is 0 Å². The van der Waals surface area contributed by atoms with Gasteiger partial charge in [-0.05, 0) is 36.4 Å². The van der Waals surface area contributed by atoms with E-state index in [2.05, 4.69) is 20.3 Å². The second-order valence-corrected chi connectivity index (χ2v) is 8.14. The fourth-order valence-electron chi connectivity index (χ4n) is 3.72. The molecule has 0 radical (unpaired) electrons. The van der Waals surface area contributed by atoms with E-state index in [1.54, 1.807) is 24.3 Å². The Bertz CT molecular complexity index is 1230. The van der Waals surface area contributed by atoms with Crippen molar-refractivity contribution in [2.75, 3.05) is 6.61 Å². The smallest absolute Gasteiger partial charge is 0.194 e. The van der Waals surface area contributed by atoms with Crippen LogP contribution in [0.5, 0.6) is 0 Å². The van der Waals surface area contributed by atoms with Gasteiger partial charge in [0.05, 0.1) is 30.9 Å². The molecule has 4 unspecified atom stereocenters. The van der Waals surface area contributed by atoms with Gasteiger partial charge in [0.25, 0.3) is 0 Å². The fraction of sp³-hybridized carbons (Fsp3) is 0.273. The van der Waals surface area contributed by atoms with Crippen molar-refractivity contribution in [3.63, 3.8) is 0 Å². The summed E-state index contributed by atoms with van der Waals surface area (Å²) in [7, 11) is 0. The highest BCUT2D eigenvalue weighted by atomic mass is 35.5. The number of hydrogen-bond acceptors (Lipinski definition) is 6. The molecule has 3 aromatic rings. The Balaban J connectivity index is 1.66. The Kier molecular flexibility index (Phi) is 7.45. The molecule has 9 nitrogen and oxygen atoms in total. The van der Waals surface area contributed by atoms with Crippen LogP contribution in [0, 0.1) is 17.5 Å². The maximum absolute atomic E-state index is 13.7. The van der Waals surface area contributed by atoms with Crippen LogP contribution in [0.4, 0.5) is 18.9 Å². The van der Waals surface area contributed by atoms with Gasteiger partial charge in [-0.15, -0.1) is 5.10 Å². The number of hydrogen-bond donors (Lipinski definition) is 3. The summed E-state index contributed by atoms with van der Waals surface area (Å²) in [5.74, 6) is -4.16. The van der Waals surface area contributed by atoms with E-state index < -0.39 is 48.4 Å². The molecule has 0 amide bonds. The van der Waals surface area contributed by atoms with E-state index in [9.17, 15) is 23.4 Å². The van der Waals surface area contributed by atoms with E-state index >= 15 is 0 Å². The number of aliphatic hydroxyl groups excluding tert-OH is 2. The maximum Gasteiger partial charge on any atom is 0.194 e. The Morgan fingerprint density at radius 1 is 1.23 bits per heavy atom. The van der Waals surface area contributed by atoms with Crippen molar-refractivity contribution in [1.29, 1.82) is 0 Å². The molecular weight excluding hydrogens is 489 g/mol. The number of rotatable bonds is 5. The summed E-state index contributed by atoms with van der Waals surface area (Å²) in [6.07, 6.45) is -0.585. The van der Waals surface area contributed by atoms with E-state index in [0.29, 0.717) is 10.7 Å². The molecule has 1 aliphatic rings. The van der Waals surface area contributed by atoms with Crippen molar-refractivity contribution in [3.05, 3.63) is 65.1 Å². The molecule has 184 valence electrons. The minimum absolute atomic E-state index is 0.0396. The summed E-state index contributed by atoms with van der Waals surface area (Å²) in [6, 6.07) is 7.42. The number of aliphatic imine (C=N–C) groups is 2. The number of nitrogens with two attached hydrogens (primary N) is 1.